The Morgan fingerprint density at radius 1 is 0.812 bits per heavy atom. The average molecular weight is 430 g/mol. The van der Waals surface area contributed by atoms with Gasteiger partial charge in [-0.3, -0.25) is 4.79 Å². The molecule has 0 radical (unpaired) electrons. The summed E-state index contributed by atoms with van der Waals surface area (Å²) in [5.74, 6) is 0.528. The van der Waals surface area contributed by atoms with Crippen molar-refractivity contribution in [1.29, 1.82) is 0 Å². The molecule has 0 spiro atoms. The van der Waals surface area contributed by atoms with Gasteiger partial charge in [0.1, 0.15) is 18.5 Å². The van der Waals surface area contributed by atoms with Gasteiger partial charge in [0.15, 0.2) is 0 Å². The summed E-state index contributed by atoms with van der Waals surface area (Å²) in [4.78, 5) is 13.9. The Morgan fingerprint density at radius 2 is 1.34 bits per heavy atom. The molecule has 0 fully saturated rings. The molecule has 3 aromatic carbocycles. The van der Waals surface area contributed by atoms with Gasteiger partial charge in [-0.1, -0.05) is 72.8 Å². The fourth-order valence-electron chi connectivity index (χ4n) is 3.65. The van der Waals surface area contributed by atoms with Gasteiger partial charge in [-0.15, -0.1) is 0 Å². The van der Waals surface area contributed by atoms with E-state index in [-0.39, 0.29) is 5.97 Å². The Balaban J connectivity index is 2.11. The summed E-state index contributed by atoms with van der Waals surface area (Å²) in [5, 5.41) is 0. The summed E-state index contributed by atoms with van der Waals surface area (Å²) in [7, 11) is 4.05. The lowest BCUT2D eigenvalue weighted by atomic mass is 9.87. The minimum Gasteiger partial charge on any atom is -0.492 e. The predicted molar refractivity (Wildman–Crippen MR) is 131 cm³/mol. The van der Waals surface area contributed by atoms with Crippen LogP contribution in [-0.2, 0) is 9.53 Å². The van der Waals surface area contributed by atoms with Crippen LogP contribution in [0.2, 0.25) is 0 Å². The largest absolute Gasteiger partial charge is 0.492 e. The highest BCUT2D eigenvalue weighted by Gasteiger charge is 2.21. The van der Waals surface area contributed by atoms with Crippen molar-refractivity contribution in [2.75, 3.05) is 27.2 Å². The molecular weight excluding hydrogens is 398 g/mol. The smallest absolute Gasteiger partial charge is 0.303 e. The number of hydrogen-bond acceptors (Lipinski definition) is 4. The zero-order valence-electron chi connectivity index (χ0n) is 19.2. The molecule has 1 atom stereocenters. The van der Waals surface area contributed by atoms with Crippen LogP contribution in [-0.4, -0.2) is 44.2 Å². The third kappa shape index (κ3) is 6.32. The van der Waals surface area contributed by atoms with E-state index >= 15 is 0 Å². The van der Waals surface area contributed by atoms with Gasteiger partial charge in [-0.25, -0.2) is 0 Å². The molecule has 0 aliphatic rings. The van der Waals surface area contributed by atoms with E-state index in [4.69, 9.17) is 9.47 Å². The van der Waals surface area contributed by atoms with Crippen molar-refractivity contribution in [3.8, 4) is 5.75 Å². The molecule has 0 saturated heterocycles. The van der Waals surface area contributed by atoms with Gasteiger partial charge in [0.2, 0.25) is 0 Å². The van der Waals surface area contributed by atoms with E-state index in [1.807, 2.05) is 69.6 Å². The van der Waals surface area contributed by atoms with Crippen molar-refractivity contribution < 1.29 is 14.3 Å². The van der Waals surface area contributed by atoms with Crippen molar-refractivity contribution >= 4 is 17.1 Å². The second kappa shape index (κ2) is 11.3. The predicted octanol–water partition coefficient (Wildman–Crippen LogP) is 5.54. The molecule has 0 saturated carbocycles. The lowest BCUT2D eigenvalue weighted by molar-refractivity contribution is -0.142. The average Bonchev–Trinajstić information content (AvgIpc) is 2.78. The topological polar surface area (TPSA) is 38.8 Å². The van der Waals surface area contributed by atoms with Crippen molar-refractivity contribution in [3.05, 3.63) is 102 Å². The van der Waals surface area contributed by atoms with E-state index in [9.17, 15) is 4.79 Å². The minimum atomic E-state index is -0.416. The number of rotatable bonds is 9. The number of hydrogen-bond donors (Lipinski definition) is 0. The monoisotopic (exact) mass is 429 g/mol. The summed E-state index contributed by atoms with van der Waals surface area (Å²) in [6.45, 7) is 4.86. The highest BCUT2D eigenvalue weighted by molar-refractivity contribution is 6.00. The van der Waals surface area contributed by atoms with Gasteiger partial charge in [-0.2, -0.15) is 0 Å². The van der Waals surface area contributed by atoms with Crippen molar-refractivity contribution in [2.24, 2.45) is 0 Å². The van der Waals surface area contributed by atoms with Crippen LogP contribution < -0.4 is 4.74 Å². The lowest BCUT2D eigenvalue weighted by Gasteiger charge is -2.22. The summed E-state index contributed by atoms with van der Waals surface area (Å²) >= 11 is 0. The molecule has 0 bridgehead atoms. The molecule has 32 heavy (non-hydrogen) atoms. The molecule has 0 heterocycles. The van der Waals surface area contributed by atoms with Crippen LogP contribution in [0.25, 0.3) is 11.1 Å². The van der Waals surface area contributed by atoms with Crippen molar-refractivity contribution in [1.82, 2.24) is 4.90 Å². The maximum atomic E-state index is 11.8. The quantitative estimate of drug-likeness (QED) is 0.331. The minimum absolute atomic E-state index is 0.303. The Labute approximate surface area is 191 Å². The van der Waals surface area contributed by atoms with Crippen LogP contribution in [0.5, 0.6) is 5.75 Å². The third-order valence-corrected chi connectivity index (χ3v) is 5.12. The molecule has 4 nitrogen and oxygen atoms in total. The summed E-state index contributed by atoms with van der Waals surface area (Å²) < 4.78 is 11.5. The van der Waals surface area contributed by atoms with Gasteiger partial charge in [0.25, 0.3) is 0 Å². The summed E-state index contributed by atoms with van der Waals surface area (Å²) in [6, 6.07) is 28.4. The number of carbonyl (C=O) groups excluding carboxylic acids is 1. The number of carbonyl (C=O) groups is 1. The molecular formula is C28H31NO3. The Bertz CT molecular complexity index is 1030. The van der Waals surface area contributed by atoms with Crippen LogP contribution in [0.1, 0.15) is 30.5 Å². The van der Waals surface area contributed by atoms with E-state index in [0.29, 0.717) is 6.61 Å². The zero-order valence-corrected chi connectivity index (χ0v) is 19.2. The molecule has 0 amide bonds. The number of esters is 1. The highest BCUT2D eigenvalue weighted by Crippen LogP contribution is 2.36. The molecule has 3 aromatic rings. The fourth-order valence-corrected chi connectivity index (χ4v) is 3.65. The van der Waals surface area contributed by atoms with Crippen LogP contribution in [0.3, 0.4) is 0 Å². The number of likely N-dealkylation sites (N-methyl/N-ethyl adjacent to an activating group) is 1. The van der Waals surface area contributed by atoms with Gasteiger partial charge in [0, 0.05) is 19.0 Å². The van der Waals surface area contributed by atoms with Crippen LogP contribution in [0, 0.1) is 0 Å². The Hall–Kier alpha value is -3.37. The molecule has 0 N–H and O–H groups in total. The highest BCUT2D eigenvalue weighted by atomic mass is 16.5. The van der Waals surface area contributed by atoms with Gasteiger partial charge in [0.05, 0.1) is 0 Å². The molecule has 0 aliphatic heterocycles. The second-order valence-electron chi connectivity index (χ2n) is 7.95. The van der Waals surface area contributed by atoms with Gasteiger partial charge < -0.3 is 14.4 Å². The number of ether oxygens (including phenoxy) is 2. The lowest BCUT2D eigenvalue weighted by Crippen LogP contribution is -2.19. The van der Waals surface area contributed by atoms with Crippen molar-refractivity contribution in [2.45, 2.75) is 20.0 Å². The molecule has 0 aliphatic carbocycles. The van der Waals surface area contributed by atoms with Crippen molar-refractivity contribution in [3.63, 3.8) is 0 Å². The normalized spacial score (nSPS) is 12.8. The van der Waals surface area contributed by atoms with Gasteiger partial charge in [-0.05, 0) is 55.4 Å². The van der Waals surface area contributed by atoms with E-state index < -0.39 is 6.10 Å². The van der Waals surface area contributed by atoms with E-state index in [1.165, 1.54) is 6.92 Å². The van der Waals surface area contributed by atoms with E-state index in [2.05, 4.69) is 41.3 Å². The van der Waals surface area contributed by atoms with Crippen LogP contribution in [0.15, 0.2) is 84.9 Å². The van der Waals surface area contributed by atoms with Crippen LogP contribution in [0.4, 0.5) is 0 Å². The molecule has 3 rings (SSSR count). The zero-order chi connectivity index (χ0) is 22.9. The molecule has 0 aromatic heterocycles. The first-order valence-electron chi connectivity index (χ1n) is 10.9. The fraction of sp³-hybridized carbons (Fsp3) is 0.250. The standard InChI is InChI=1S/C28H31NO3/c1-21(32-22(2)30)27(23-11-7-5-8-12-23)28(24-13-9-6-10-14-24)25-15-17-26(18-16-25)31-20-19-29(3)4/h5-18,21H,19-20H2,1-4H3/b28-27+. The Kier molecular flexibility index (Phi) is 8.23. The SMILES string of the molecule is CC(=O)OC(C)/C(=C(/c1ccccc1)c1ccc(OCCN(C)C)cc1)c1ccccc1. The molecule has 4 heteroatoms. The van der Waals surface area contributed by atoms with E-state index in [1.54, 1.807) is 0 Å². The first-order chi connectivity index (χ1) is 15.5. The Morgan fingerprint density at radius 3 is 1.88 bits per heavy atom. The van der Waals surface area contributed by atoms with Crippen LogP contribution >= 0.6 is 0 Å². The number of benzene rings is 3. The number of nitrogens with zero attached hydrogens (tertiary/aromatic N) is 1. The maximum absolute atomic E-state index is 11.8. The summed E-state index contributed by atoms with van der Waals surface area (Å²) in [5.41, 5.74) is 5.12. The summed E-state index contributed by atoms with van der Waals surface area (Å²) in [6.07, 6.45) is -0.416. The molecule has 1 unspecified atom stereocenters. The van der Waals surface area contributed by atoms with E-state index in [0.717, 1.165) is 40.1 Å². The maximum Gasteiger partial charge on any atom is 0.303 e. The third-order valence-electron chi connectivity index (χ3n) is 5.12. The first kappa shape index (κ1) is 23.3. The first-order valence-corrected chi connectivity index (χ1v) is 10.9. The molecule has 166 valence electrons. The van der Waals surface area contributed by atoms with Gasteiger partial charge >= 0.3 is 5.97 Å². The second-order valence-corrected chi connectivity index (χ2v) is 7.95.